The summed E-state index contributed by atoms with van der Waals surface area (Å²) in [5, 5.41) is 3.43. The monoisotopic (exact) mass is 575 g/mol. The van der Waals surface area contributed by atoms with E-state index in [9.17, 15) is 13.2 Å². The highest BCUT2D eigenvalue weighted by atomic mass is 32.2. The van der Waals surface area contributed by atoms with Crippen LogP contribution in [0.15, 0.2) is 77.8 Å². The molecule has 10 heteroatoms. The van der Waals surface area contributed by atoms with Gasteiger partial charge in [0.05, 0.1) is 21.5 Å². The number of carbonyl (C=O) groups is 1. The van der Waals surface area contributed by atoms with Crippen molar-refractivity contribution in [2.24, 2.45) is 0 Å². The predicted octanol–water partition coefficient (Wildman–Crippen LogP) is 5.15. The molecule has 0 spiro atoms. The quantitative estimate of drug-likeness (QED) is 0.320. The molecule has 2 atom stereocenters. The van der Waals surface area contributed by atoms with Crippen molar-refractivity contribution in [2.45, 2.75) is 28.4 Å². The number of rotatable bonds is 6. The molecule has 2 aliphatic rings. The number of benzene rings is 2. The van der Waals surface area contributed by atoms with Gasteiger partial charge in [0.2, 0.25) is 0 Å². The lowest BCUT2D eigenvalue weighted by Gasteiger charge is -2.42. The number of thioether (sulfide) groups is 1. The maximum atomic E-state index is 13.5. The van der Waals surface area contributed by atoms with Gasteiger partial charge in [-0.2, -0.15) is 11.8 Å². The van der Waals surface area contributed by atoms with Crippen LogP contribution >= 0.6 is 11.8 Å². The van der Waals surface area contributed by atoms with Crippen LogP contribution < -0.4 is 10.2 Å². The number of nitrogens with zero attached hydrogens (tertiary/aromatic N) is 4. The van der Waals surface area contributed by atoms with E-state index >= 15 is 0 Å². The minimum Gasteiger partial charge on any atom is -0.378 e. The number of nitrogens with one attached hydrogen (secondary N) is 1. The Balaban J connectivity index is 1.38. The van der Waals surface area contributed by atoms with Gasteiger partial charge < -0.3 is 19.5 Å². The lowest BCUT2D eigenvalue weighted by Crippen LogP contribution is -2.53. The SMILES string of the molecule is CN(C)c1ccc(NC(=O)N2CCC[C@@](c3nc(-c4ccccc4S(C)(=O)=O)c4ccccn34)(C3CS3)C2)cc1. The third kappa shape index (κ3) is 4.83. The molecule has 2 aromatic carbocycles. The standard InChI is InChI=1S/C30H33N5O3S2/c1-33(2)22-14-12-21(13-15-22)31-29(36)34-17-8-16-30(20-34,26-19-39-26)28-32-27(24-10-6-7-18-35(24)28)23-9-4-5-11-25(23)40(3,37)38/h4-7,9-15,18,26H,8,16-17,19-20H2,1-3H3,(H,31,36)/t26?,30-/m0/s1. The van der Waals surface area contributed by atoms with Crippen LogP contribution in [0.3, 0.4) is 0 Å². The summed E-state index contributed by atoms with van der Waals surface area (Å²) in [6.45, 7) is 1.22. The first kappa shape index (κ1) is 26.7. The zero-order valence-corrected chi connectivity index (χ0v) is 24.5. The molecule has 0 bridgehead atoms. The summed E-state index contributed by atoms with van der Waals surface area (Å²) in [6, 6.07) is 20.7. The number of aromatic nitrogens is 2. The molecular formula is C30H33N5O3S2. The van der Waals surface area contributed by atoms with E-state index in [-0.39, 0.29) is 16.3 Å². The second-order valence-corrected chi connectivity index (χ2v) is 14.1. The Hall–Kier alpha value is -3.50. The van der Waals surface area contributed by atoms with Crippen molar-refractivity contribution in [1.82, 2.24) is 14.3 Å². The van der Waals surface area contributed by atoms with Gasteiger partial charge in [0, 0.05) is 67.6 Å². The van der Waals surface area contributed by atoms with Gasteiger partial charge in [0.25, 0.3) is 0 Å². The number of urea groups is 1. The molecular weight excluding hydrogens is 542 g/mol. The largest absolute Gasteiger partial charge is 0.378 e. The van der Waals surface area contributed by atoms with Crippen molar-refractivity contribution in [3.8, 4) is 11.3 Å². The number of hydrogen-bond acceptors (Lipinski definition) is 6. The molecule has 4 aromatic rings. The zero-order chi connectivity index (χ0) is 28.1. The van der Waals surface area contributed by atoms with Gasteiger partial charge in [-0.1, -0.05) is 24.3 Å². The lowest BCUT2D eigenvalue weighted by atomic mass is 9.76. The molecule has 8 nitrogen and oxygen atoms in total. The third-order valence-electron chi connectivity index (χ3n) is 7.93. The third-order valence-corrected chi connectivity index (χ3v) is 10.2. The topological polar surface area (TPSA) is 87.0 Å². The molecule has 0 saturated carbocycles. The van der Waals surface area contributed by atoms with Crippen molar-refractivity contribution in [3.05, 3.63) is 78.8 Å². The molecule has 1 N–H and O–H groups in total. The van der Waals surface area contributed by atoms with E-state index in [0.29, 0.717) is 29.6 Å². The molecule has 1 unspecified atom stereocenters. The number of pyridine rings is 1. The number of sulfone groups is 1. The van der Waals surface area contributed by atoms with Crippen molar-refractivity contribution in [1.29, 1.82) is 0 Å². The zero-order valence-electron chi connectivity index (χ0n) is 22.9. The Morgan fingerprint density at radius 3 is 2.50 bits per heavy atom. The Morgan fingerprint density at radius 2 is 1.80 bits per heavy atom. The van der Waals surface area contributed by atoms with E-state index in [2.05, 4.69) is 9.72 Å². The first-order chi connectivity index (χ1) is 19.2. The molecule has 0 aliphatic carbocycles. The maximum absolute atomic E-state index is 13.5. The highest BCUT2D eigenvalue weighted by Gasteiger charge is 2.53. The van der Waals surface area contributed by atoms with Gasteiger partial charge in [-0.15, -0.1) is 0 Å². The molecule has 40 heavy (non-hydrogen) atoms. The fourth-order valence-electron chi connectivity index (χ4n) is 5.83. The van der Waals surface area contributed by atoms with E-state index in [1.807, 2.05) is 96.5 Å². The van der Waals surface area contributed by atoms with E-state index in [1.54, 1.807) is 12.1 Å². The molecule has 0 radical (unpaired) electrons. The van der Waals surface area contributed by atoms with Crippen LogP contribution in [0.25, 0.3) is 16.8 Å². The molecule has 2 amide bonds. The van der Waals surface area contributed by atoms with Gasteiger partial charge in [-0.25, -0.2) is 18.2 Å². The summed E-state index contributed by atoms with van der Waals surface area (Å²) in [7, 11) is 0.515. The number of likely N-dealkylation sites (tertiary alicyclic amines) is 1. The number of piperidine rings is 1. The van der Waals surface area contributed by atoms with Gasteiger partial charge in [-0.05, 0) is 55.3 Å². The van der Waals surface area contributed by atoms with Crippen LogP contribution in [0.1, 0.15) is 18.7 Å². The highest BCUT2D eigenvalue weighted by molar-refractivity contribution is 8.07. The van der Waals surface area contributed by atoms with Crippen LogP contribution in [0.4, 0.5) is 16.2 Å². The number of hydrogen-bond donors (Lipinski definition) is 1. The highest BCUT2D eigenvalue weighted by Crippen LogP contribution is 2.51. The molecule has 2 aromatic heterocycles. The van der Waals surface area contributed by atoms with Gasteiger partial charge >= 0.3 is 6.03 Å². The maximum Gasteiger partial charge on any atom is 0.321 e. The minimum absolute atomic E-state index is 0.115. The lowest BCUT2D eigenvalue weighted by molar-refractivity contribution is 0.158. The second-order valence-electron chi connectivity index (χ2n) is 10.9. The minimum atomic E-state index is -3.46. The first-order valence-electron chi connectivity index (χ1n) is 13.4. The van der Waals surface area contributed by atoms with E-state index in [1.165, 1.54) is 6.26 Å². The predicted molar refractivity (Wildman–Crippen MR) is 162 cm³/mol. The number of anilines is 2. The summed E-state index contributed by atoms with van der Waals surface area (Å²) in [5.74, 6) is 1.91. The fourth-order valence-corrected chi connectivity index (χ4v) is 7.75. The van der Waals surface area contributed by atoms with Gasteiger partial charge in [0.1, 0.15) is 5.82 Å². The normalized spacial score (nSPS) is 20.9. The van der Waals surface area contributed by atoms with Crippen molar-refractivity contribution >= 4 is 44.5 Å². The Labute approximate surface area is 239 Å². The van der Waals surface area contributed by atoms with Crippen LogP contribution in [0.5, 0.6) is 0 Å². The van der Waals surface area contributed by atoms with Crippen LogP contribution in [0, 0.1) is 0 Å². The van der Waals surface area contributed by atoms with Crippen molar-refractivity contribution in [2.75, 3.05) is 49.4 Å². The summed E-state index contributed by atoms with van der Waals surface area (Å²) in [4.78, 5) is 22.9. The summed E-state index contributed by atoms with van der Waals surface area (Å²) < 4.78 is 27.5. The Kier molecular flexibility index (Phi) is 6.78. The fraction of sp³-hybridized carbons (Fsp3) is 0.333. The molecule has 6 rings (SSSR count). The van der Waals surface area contributed by atoms with E-state index < -0.39 is 9.84 Å². The molecule has 4 heterocycles. The Bertz CT molecular complexity index is 1680. The molecule has 208 valence electrons. The molecule has 2 fully saturated rings. The number of fused-ring (bicyclic) bond motifs is 1. The average molecular weight is 576 g/mol. The van der Waals surface area contributed by atoms with Crippen LogP contribution in [-0.4, -0.2) is 73.2 Å². The van der Waals surface area contributed by atoms with Gasteiger partial charge in [-0.3, -0.25) is 0 Å². The number of carbonyl (C=O) groups excluding carboxylic acids is 1. The second kappa shape index (κ2) is 10.2. The summed E-state index contributed by atoms with van der Waals surface area (Å²) in [5.41, 5.74) is 3.60. The molecule has 2 saturated heterocycles. The van der Waals surface area contributed by atoms with Gasteiger partial charge in [0.15, 0.2) is 9.84 Å². The number of amides is 2. The van der Waals surface area contributed by atoms with Crippen molar-refractivity contribution in [3.63, 3.8) is 0 Å². The van der Waals surface area contributed by atoms with Crippen LogP contribution in [0.2, 0.25) is 0 Å². The molecule has 2 aliphatic heterocycles. The summed E-state index contributed by atoms with van der Waals surface area (Å²) >= 11 is 1.90. The first-order valence-corrected chi connectivity index (χ1v) is 16.3. The van der Waals surface area contributed by atoms with E-state index in [4.69, 9.17) is 4.98 Å². The summed E-state index contributed by atoms with van der Waals surface area (Å²) in [6.07, 6.45) is 5.01. The van der Waals surface area contributed by atoms with E-state index in [0.717, 1.165) is 41.3 Å². The Morgan fingerprint density at radius 1 is 1.07 bits per heavy atom. The number of imidazole rings is 1. The van der Waals surface area contributed by atoms with Crippen LogP contribution in [-0.2, 0) is 15.3 Å². The average Bonchev–Trinajstić information content (AvgIpc) is 3.74. The smallest absolute Gasteiger partial charge is 0.321 e. The van der Waals surface area contributed by atoms with Crippen molar-refractivity contribution < 1.29 is 13.2 Å².